The molecule has 5 heteroatoms. The van der Waals surface area contributed by atoms with Crippen molar-refractivity contribution in [2.45, 2.75) is 12.8 Å². The quantitative estimate of drug-likeness (QED) is 0.834. The molecule has 1 aliphatic rings. The van der Waals surface area contributed by atoms with Crippen molar-refractivity contribution in [2.24, 2.45) is 0 Å². The van der Waals surface area contributed by atoms with Crippen LogP contribution in [0.1, 0.15) is 23.2 Å². The van der Waals surface area contributed by atoms with Crippen LogP contribution in [-0.2, 0) is 0 Å². The summed E-state index contributed by atoms with van der Waals surface area (Å²) in [5, 5.41) is 0. The molecule has 5 nitrogen and oxygen atoms in total. The third-order valence-electron chi connectivity index (χ3n) is 4.61. The third kappa shape index (κ3) is 3.71. The molecule has 2 aromatic carbocycles. The topological polar surface area (TPSA) is 42.0 Å². The zero-order valence-corrected chi connectivity index (χ0v) is 15.0. The highest BCUT2D eigenvalue weighted by Crippen LogP contribution is 2.26. The lowest BCUT2D eigenvalue weighted by atomic mass is 10.1. The predicted molar refractivity (Wildman–Crippen MR) is 100 cm³/mol. The number of ether oxygens (including phenoxy) is 2. The van der Waals surface area contributed by atoms with Gasteiger partial charge in [0.05, 0.1) is 14.2 Å². The van der Waals surface area contributed by atoms with Crippen LogP contribution in [0.2, 0.25) is 0 Å². The average molecular weight is 340 g/mol. The minimum Gasteiger partial charge on any atom is -0.497 e. The maximum Gasteiger partial charge on any atom is 0.258 e. The molecule has 0 N–H and O–H groups in total. The second-order valence-electron chi connectivity index (χ2n) is 6.18. The van der Waals surface area contributed by atoms with E-state index in [9.17, 15) is 4.79 Å². The molecule has 0 bridgehead atoms. The lowest BCUT2D eigenvalue weighted by Crippen LogP contribution is -2.26. The van der Waals surface area contributed by atoms with Crippen molar-refractivity contribution < 1.29 is 14.3 Å². The SMILES string of the molecule is COc1cc(OC)cc(C(=O)N(C)c2ccc(N3CCCC3)cc2)c1. The summed E-state index contributed by atoms with van der Waals surface area (Å²) in [6.45, 7) is 2.22. The van der Waals surface area contributed by atoms with Crippen molar-refractivity contribution in [3.63, 3.8) is 0 Å². The molecule has 0 atom stereocenters. The Balaban J connectivity index is 1.80. The summed E-state index contributed by atoms with van der Waals surface area (Å²) in [4.78, 5) is 16.8. The summed E-state index contributed by atoms with van der Waals surface area (Å²) in [5.74, 6) is 1.09. The van der Waals surface area contributed by atoms with Crippen molar-refractivity contribution in [2.75, 3.05) is 44.2 Å². The Morgan fingerprint density at radius 1 is 0.960 bits per heavy atom. The highest BCUT2D eigenvalue weighted by molar-refractivity contribution is 6.06. The molecule has 132 valence electrons. The van der Waals surface area contributed by atoms with E-state index in [1.807, 2.05) is 12.1 Å². The molecule has 0 unspecified atom stereocenters. The predicted octanol–water partition coefficient (Wildman–Crippen LogP) is 3.58. The van der Waals surface area contributed by atoms with Gasteiger partial charge >= 0.3 is 0 Å². The molecule has 3 rings (SSSR count). The molecule has 1 aliphatic heterocycles. The molecule has 1 saturated heterocycles. The van der Waals surface area contributed by atoms with Gasteiger partial charge in [-0.05, 0) is 49.2 Å². The molecule has 2 aromatic rings. The normalized spacial score (nSPS) is 13.6. The second kappa shape index (κ2) is 7.47. The molecular formula is C20H24N2O3. The number of amides is 1. The van der Waals surface area contributed by atoms with Crippen LogP contribution in [0.4, 0.5) is 11.4 Å². The molecule has 0 aliphatic carbocycles. The van der Waals surface area contributed by atoms with E-state index in [-0.39, 0.29) is 5.91 Å². The van der Waals surface area contributed by atoms with Gasteiger partial charge in [0.2, 0.25) is 0 Å². The van der Waals surface area contributed by atoms with Crippen molar-refractivity contribution in [3.8, 4) is 11.5 Å². The Morgan fingerprint density at radius 3 is 2.04 bits per heavy atom. The number of benzene rings is 2. The minimum absolute atomic E-state index is 0.105. The van der Waals surface area contributed by atoms with Crippen molar-refractivity contribution in [1.82, 2.24) is 0 Å². The van der Waals surface area contributed by atoms with Gasteiger partial charge in [-0.1, -0.05) is 0 Å². The van der Waals surface area contributed by atoms with E-state index >= 15 is 0 Å². The van der Waals surface area contributed by atoms with E-state index in [1.54, 1.807) is 44.4 Å². The number of carbonyl (C=O) groups is 1. The fraction of sp³-hybridized carbons (Fsp3) is 0.350. The highest BCUT2D eigenvalue weighted by atomic mass is 16.5. The van der Waals surface area contributed by atoms with Crippen LogP contribution < -0.4 is 19.3 Å². The number of carbonyl (C=O) groups excluding carboxylic acids is 1. The van der Waals surface area contributed by atoms with Crippen molar-refractivity contribution in [3.05, 3.63) is 48.0 Å². The number of rotatable bonds is 5. The van der Waals surface area contributed by atoms with E-state index in [1.165, 1.54) is 18.5 Å². The second-order valence-corrected chi connectivity index (χ2v) is 6.18. The van der Waals surface area contributed by atoms with Gasteiger partial charge in [-0.2, -0.15) is 0 Å². The zero-order chi connectivity index (χ0) is 17.8. The Morgan fingerprint density at radius 2 is 1.52 bits per heavy atom. The fourth-order valence-corrected chi connectivity index (χ4v) is 3.10. The van der Waals surface area contributed by atoms with Crippen LogP contribution in [0, 0.1) is 0 Å². The summed E-state index contributed by atoms with van der Waals surface area (Å²) < 4.78 is 10.5. The number of anilines is 2. The zero-order valence-electron chi connectivity index (χ0n) is 15.0. The van der Waals surface area contributed by atoms with Crippen LogP contribution in [-0.4, -0.2) is 40.3 Å². The van der Waals surface area contributed by atoms with Crippen LogP contribution in [0.15, 0.2) is 42.5 Å². The number of hydrogen-bond acceptors (Lipinski definition) is 4. The first-order valence-corrected chi connectivity index (χ1v) is 8.48. The molecule has 1 fully saturated rings. The lowest BCUT2D eigenvalue weighted by molar-refractivity contribution is 0.0992. The van der Waals surface area contributed by atoms with Gasteiger partial charge in [-0.3, -0.25) is 4.79 Å². The van der Waals surface area contributed by atoms with Gasteiger partial charge in [0.1, 0.15) is 11.5 Å². The third-order valence-corrected chi connectivity index (χ3v) is 4.61. The summed E-state index contributed by atoms with van der Waals surface area (Å²) in [7, 11) is 4.92. The van der Waals surface area contributed by atoms with E-state index in [0.29, 0.717) is 17.1 Å². The Kier molecular flexibility index (Phi) is 5.12. The molecule has 0 spiro atoms. The molecule has 25 heavy (non-hydrogen) atoms. The van der Waals surface area contributed by atoms with E-state index in [2.05, 4.69) is 17.0 Å². The van der Waals surface area contributed by atoms with Gasteiger partial charge in [0.25, 0.3) is 5.91 Å². The molecule has 0 aromatic heterocycles. The first kappa shape index (κ1) is 17.1. The highest BCUT2D eigenvalue weighted by Gasteiger charge is 2.17. The molecular weight excluding hydrogens is 316 g/mol. The first-order valence-electron chi connectivity index (χ1n) is 8.48. The van der Waals surface area contributed by atoms with Gasteiger partial charge in [0.15, 0.2) is 0 Å². The van der Waals surface area contributed by atoms with Crippen LogP contribution in [0.3, 0.4) is 0 Å². The van der Waals surface area contributed by atoms with E-state index in [4.69, 9.17) is 9.47 Å². The van der Waals surface area contributed by atoms with Gasteiger partial charge in [0, 0.05) is 43.1 Å². The smallest absolute Gasteiger partial charge is 0.258 e. The van der Waals surface area contributed by atoms with Crippen LogP contribution in [0.5, 0.6) is 11.5 Å². The van der Waals surface area contributed by atoms with Crippen molar-refractivity contribution >= 4 is 17.3 Å². The molecule has 0 radical (unpaired) electrons. The maximum atomic E-state index is 12.8. The van der Waals surface area contributed by atoms with Gasteiger partial charge in [-0.15, -0.1) is 0 Å². The maximum absolute atomic E-state index is 12.8. The Labute approximate surface area is 148 Å². The van der Waals surface area contributed by atoms with Crippen molar-refractivity contribution in [1.29, 1.82) is 0 Å². The minimum atomic E-state index is -0.105. The largest absolute Gasteiger partial charge is 0.497 e. The summed E-state index contributed by atoms with van der Waals surface area (Å²) in [6, 6.07) is 13.3. The summed E-state index contributed by atoms with van der Waals surface area (Å²) >= 11 is 0. The molecule has 1 heterocycles. The van der Waals surface area contributed by atoms with Gasteiger partial charge in [-0.25, -0.2) is 0 Å². The number of nitrogens with zero attached hydrogens (tertiary/aromatic N) is 2. The summed E-state index contributed by atoms with van der Waals surface area (Å²) in [5.41, 5.74) is 2.60. The van der Waals surface area contributed by atoms with E-state index < -0.39 is 0 Å². The monoisotopic (exact) mass is 340 g/mol. The average Bonchev–Trinajstić information content (AvgIpc) is 3.21. The lowest BCUT2D eigenvalue weighted by Gasteiger charge is -2.21. The Bertz CT molecular complexity index is 715. The van der Waals surface area contributed by atoms with E-state index in [0.717, 1.165) is 18.8 Å². The van der Waals surface area contributed by atoms with Gasteiger partial charge < -0.3 is 19.3 Å². The summed E-state index contributed by atoms with van der Waals surface area (Å²) in [6.07, 6.45) is 2.50. The van der Waals surface area contributed by atoms with Crippen LogP contribution >= 0.6 is 0 Å². The number of hydrogen-bond donors (Lipinski definition) is 0. The fourth-order valence-electron chi connectivity index (χ4n) is 3.10. The number of methoxy groups -OCH3 is 2. The Hall–Kier alpha value is -2.69. The first-order chi connectivity index (χ1) is 12.1. The molecule has 0 saturated carbocycles. The van der Waals surface area contributed by atoms with Crippen LogP contribution in [0.25, 0.3) is 0 Å². The molecule has 1 amide bonds. The standard InChI is InChI=1S/C20H24N2O3/c1-21(16-6-8-17(9-7-16)22-10-4-5-11-22)20(23)15-12-18(24-2)14-19(13-15)25-3/h6-9,12-14H,4-5,10-11H2,1-3H3.